The van der Waals surface area contributed by atoms with Crippen LogP contribution in [0.3, 0.4) is 0 Å². The average Bonchev–Trinajstić information content (AvgIpc) is 3.58. The molecule has 7 nitrogen and oxygen atoms in total. The minimum absolute atomic E-state index is 0.00739. The fourth-order valence-electron chi connectivity index (χ4n) is 5.26. The largest absolute Gasteiger partial charge is 0.464 e. The number of rotatable bonds is 8. The van der Waals surface area contributed by atoms with Gasteiger partial charge in [-0.1, -0.05) is 61.2 Å². The number of carbonyl (C=O) groups is 3. The van der Waals surface area contributed by atoms with Crippen LogP contribution in [0.25, 0.3) is 21.5 Å². The smallest absolute Gasteiger partial charge is 0.342 e. The number of ether oxygens (including phenoxy) is 3. The van der Waals surface area contributed by atoms with Crippen LogP contribution in [0.5, 0.6) is 0 Å². The van der Waals surface area contributed by atoms with Crippen molar-refractivity contribution in [1.29, 1.82) is 0 Å². The Balaban J connectivity index is 1.53. The SMILES string of the molecule is C=C1C(C(=O)OCc2c3ccccc3cc3ccccc23)C(c2cccs2)NC1(C(=O)OCC)C(=O)OCC. The summed E-state index contributed by atoms with van der Waals surface area (Å²) in [5.41, 5.74) is -1.11. The van der Waals surface area contributed by atoms with E-state index in [0.717, 1.165) is 32.0 Å². The quantitative estimate of drug-likeness (QED) is 0.103. The average molecular weight is 544 g/mol. The maximum Gasteiger partial charge on any atom is 0.342 e. The summed E-state index contributed by atoms with van der Waals surface area (Å²) in [6, 6.07) is 20.9. The highest BCUT2D eigenvalue weighted by atomic mass is 32.1. The van der Waals surface area contributed by atoms with Gasteiger partial charge in [0.15, 0.2) is 0 Å². The first-order valence-corrected chi connectivity index (χ1v) is 13.7. The molecular formula is C31H29NO6S. The first-order valence-electron chi connectivity index (χ1n) is 12.8. The number of hydrogen-bond acceptors (Lipinski definition) is 8. The normalized spacial score (nSPS) is 18.3. The lowest BCUT2D eigenvalue weighted by Crippen LogP contribution is -2.57. The summed E-state index contributed by atoms with van der Waals surface area (Å²) in [5.74, 6) is -3.34. The van der Waals surface area contributed by atoms with Crippen molar-refractivity contribution in [2.24, 2.45) is 5.92 Å². The molecule has 1 saturated heterocycles. The van der Waals surface area contributed by atoms with Crippen molar-refractivity contribution in [2.45, 2.75) is 32.0 Å². The van der Waals surface area contributed by atoms with Crippen LogP contribution in [0.4, 0.5) is 0 Å². The van der Waals surface area contributed by atoms with E-state index < -0.39 is 35.4 Å². The van der Waals surface area contributed by atoms with Crippen molar-refractivity contribution in [3.63, 3.8) is 0 Å². The summed E-state index contributed by atoms with van der Waals surface area (Å²) in [5, 5.41) is 8.97. The molecule has 1 fully saturated rings. The monoisotopic (exact) mass is 543 g/mol. The molecule has 0 aliphatic carbocycles. The van der Waals surface area contributed by atoms with Crippen molar-refractivity contribution in [3.8, 4) is 0 Å². The van der Waals surface area contributed by atoms with E-state index in [9.17, 15) is 14.4 Å². The molecule has 1 aliphatic rings. The van der Waals surface area contributed by atoms with Crippen LogP contribution in [0.1, 0.15) is 30.3 Å². The molecule has 0 saturated carbocycles. The third kappa shape index (κ3) is 4.60. The van der Waals surface area contributed by atoms with Gasteiger partial charge in [0.1, 0.15) is 12.5 Å². The van der Waals surface area contributed by atoms with E-state index >= 15 is 0 Å². The van der Waals surface area contributed by atoms with Gasteiger partial charge < -0.3 is 14.2 Å². The van der Waals surface area contributed by atoms with Gasteiger partial charge in [-0.15, -0.1) is 11.3 Å². The number of esters is 3. The Morgan fingerprint density at radius 2 is 1.46 bits per heavy atom. The van der Waals surface area contributed by atoms with Crippen LogP contribution >= 0.6 is 11.3 Å². The van der Waals surface area contributed by atoms with Gasteiger partial charge in [-0.2, -0.15) is 0 Å². The van der Waals surface area contributed by atoms with Crippen LogP contribution < -0.4 is 5.32 Å². The van der Waals surface area contributed by atoms with Crippen molar-refractivity contribution in [1.82, 2.24) is 5.32 Å². The Kier molecular flexibility index (Phi) is 7.50. The third-order valence-corrected chi connectivity index (χ3v) is 8.03. The highest BCUT2D eigenvalue weighted by Gasteiger charge is 2.63. The number of fused-ring (bicyclic) bond motifs is 2. The van der Waals surface area contributed by atoms with Gasteiger partial charge in [-0.05, 0) is 58.5 Å². The Morgan fingerprint density at radius 1 is 0.872 bits per heavy atom. The highest BCUT2D eigenvalue weighted by Crippen LogP contribution is 2.45. The Morgan fingerprint density at radius 3 is 2.00 bits per heavy atom. The second-order valence-corrected chi connectivity index (χ2v) is 10.2. The Labute approximate surface area is 230 Å². The molecular weight excluding hydrogens is 514 g/mol. The molecule has 2 atom stereocenters. The summed E-state index contributed by atoms with van der Waals surface area (Å²) in [7, 11) is 0. The maximum absolute atomic E-state index is 13.8. The molecule has 0 bridgehead atoms. The first-order chi connectivity index (χ1) is 18.9. The Hall–Kier alpha value is -4.01. The van der Waals surface area contributed by atoms with Gasteiger partial charge >= 0.3 is 17.9 Å². The molecule has 2 unspecified atom stereocenters. The second-order valence-electron chi connectivity index (χ2n) is 9.24. The van der Waals surface area contributed by atoms with E-state index in [1.54, 1.807) is 13.8 Å². The van der Waals surface area contributed by atoms with Gasteiger partial charge in [0.25, 0.3) is 0 Å². The predicted octanol–water partition coefficient (Wildman–Crippen LogP) is 5.48. The zero-order chi connectivity index (χ0) is 27.6. The van der Waals surface area contributed by atoms with Crippen molar-refractivity contribution < 1.29 is 28.6 Å². The van der Waals surface area contributed by atoms with E-state index in [1.807, 2.05) is 66.0 Å². The number of nitrogens with one attached hydrogen (secondary N) is 1. The molecule has 39 heavy (non-hydrogen) atoms. The van der Waals surface area contributed by atoms with E-state index in [0.29, 0.717) is 0 Å². The molecule has 1 aromatic heterocycles. The van der Waals surface area contributed by atoms with Crippen LogP contribution in [0.15, 0.2) is 84.3 Å². The summed E-state index contributed by atoms with van der Waals surface area (Å²) < 4.78 is 16.5. The lowest BCUT2D eigenvalue weighted by atomic mass is 9.85. The van der Waals surface area contributed by atoms with Crippen molar-refractivity contribution >= 4 is 50.8 Å². The topological polar surface area (TPSA) is 90.9 Å². The van der Waals surface area contributed by atoms with Crippen LogP contribution in [0.2, 0.25) is 0 Å². The Bertz CT molecular complexity index is 1490. The number of benzene rings is 3. The number of carbonyl (C=O) groups excluding carboxylic acids is 3. The maximum atomic E-state index is 13.8. The number of hydrogen-bond donors (Lipinski definition) is 1. The van der Waals surface area contributed by atoms with E-state index in [4.69, 9.17) is 14.2 Å². The second kappa shape index (κ2) is 11.0. The third-order valence-electron chi connectivity index (χ3n) is 7.07. The molecule has 0 spiro atoms. The molecule has 5 rings (SSSR count). The molecule has 3 aromatic carbocycles. The van der Waals surface area contributed by atoms with Gasteiger partial charge in [-0.25, -0.2) is 9.59 Å². The standard InChI is InChI=1S/C31H29NO6S/c1-4-36-29(34)31(30(35)37-5-2)19(3)26(27(32-31)25-15-10-16-39-25)28(33)38-18-24-22-13-8-6-11-20(22)17-21-12-7-9-14-23(21)24/h6-17,26-27,32H,3-5,18H2,1-2H3. The fourth-order valence-corrected chi connectivity index (χ4v) is 6.08. The zero-order valence-corrected chi connectivity index (χ0v) is 22.6. The molecule has 0 radical (unpaired) electrons. The van der Waals surface area contributed by atoms with Crippen LogP contribution in [-0.2, 0) is 35.2 Å². The number of thiophene rings is 1. The van der Waals surface area contributed by atoms with E-state index in [2.05, 4.69) is 18.0 Å². The molecule has 200 valence electrons. The molecule has 8 heteroatoms. The molecule has 2 heterocycles. The lowest BCUT2D eigenvalue weighted by molar-refractivity contribution is -0.163. The minimum Gasteiger partial charge on any atom is -0.464 e. The predicted molar refractivity (Wildman–Crippen MR) is 150 cm³/mol. The van der Waals surface area contributed by atoms with Crippen LogP contribution in [0, 0.1) is 5.92 Å². The summed E-state index contributed by atoms with van der Waals surface area (Å²) in [6.07, 6.45) is 0. The van der Waals surface area contributed by atoms with Crippen molar-refractivity contribution in [2.75, 3.05) is 13.2 Å². The molecule has 1 aliphatic heterocycles. The van der Waals surface area contributed by atoms with Gasteiger partial charge in [0.2, 0.25) is 5.54 Å². The zero-order valence-electron chi connectivity index (χ0n) is 21.8. The molecule has 4 aromatic rings. The van der Waals surface area contributed by atoms with Gasteiger partial charge in [-0.3, -0.25) is 10.1 Å². The summed E-state index contributed by atoms with van der Waals surface area (Å²) in [4.78, 5) is 41.1. The lowest BCUT2D eigenvalue weighted by Gasteiger charge is -2.26. The van der Waals surface area contributed by atoms with E-state index in [-0.39, 0.29) is 25.4 Å². The van der Waals surface area contributed by atoms with Gasteiger partial charge in [0.05, 0.1) is 19.3 Å². The van der Waals surface area contributed by atoms with E-state index in [1.165, 1.54) is 11.3 Å². The molecule has 1 N–H and O–H groups in total. The summed E-state index contributed by atoms with van der Waals surface area (Å²) in [6.45, 7) is 7.45. The minimum atomic E-state index is -2.03. The van der Waals surface area contributed by atoms with Crippen molar-refractivity contribution in [3.05, 3.63) is 94.7 Å². The fraction of sp³-hybridized carbons (Fsp3) is 0.258. The molecule has 0 amide bonds. The van der Waals surface area contributed by atoms with Gasteiger partial charge in [0, 0.05) is 10.4 Å². The van der Waals surface area contributed by atoms with Crippen LogP contribution in [-0.4, -0.2) is 36.7 Å². The summed E-state index contributed by atoms with van der Waals surface area (Å²) >= 11 is 1.40. The highest BCUT2D eigenvalue weighted by molar-refractivity contribution is 7.10. The first kappa shape index (κ1) is 26.6.